The van der Waals surface area contributed by atoms with Gasteiger partial charge in [0.15, 0.2) is 9.84 Å². The molecule has 0 amide bonds. The number of sulfone groups is 1. The first-order valence-electron chi connectivity index (χ1n) is 5.40. The van der Waals surface area contributed by atoms with E-state index in [4.69, 9.17) is 0 Å². The molecule has 2 heterocycles. The molecule has 1 aliphatic heterocycles. The predicted molar refractivity (Wildman–Crippen MR) is 65.6 cm³/mol. The predicted octanol–water partition coefficient (Wildman–Crippen LogP) is 0.771. The van der Waals surface area contributed by atoms with E-state index in [1.165, 1.54) is 0 Å². The number of aromatic nitrogens is 1. The molecule has 0 bridgehead atoms. The smallest absolute Gasteiger partial charge is 0.151 e. The zero-order valence-corrected chi connectivity index (χ0v) is 10.9. The zero-order chi connectivity index (χ0) is 11.6. The standard InChI is InChI=1S/C10H16N2O2S2/c1-8-12-9(6-15-8)2-4-11-10-3-5-16(13,14)7-10/h6,10-11H,2-5,7H2,1H3. The van der Waals surface area contributed by atoms with Gasteiger partial charge in [-0.15, -0.1) is 11.3 Å². The van der Waals surface area contributed by atoms with Crippen molar-refractivity contribution in [2.45, 2.75) is 25.8 Å². The van der Waals surface area contributed by atoms with Gasteiger partial charge < -0.3 is 5.32 Å². The van der Waals surface area contributed by atoms with Gasteiger partial charge in [0.2, 0.25) is 0 Å². The summed E-state index contributed by atoms with van der Waals surface area (Å²) < 4.78 is 22.5. The van der Waals surface area contributed by atoms with Gasteiger partial charge in [0, 0.05) is 24.4 Å². The molecule has 1 atom stereocenters. The Morgan fingerprint density at radius 2 is 2.44 bits per heavy atom. The van der Waals surface area contributed by atoms with Crippen LogP contribution in [-0.4, -0.2) is 37.5 Å². The summed E-state index contributed by atoms with van der Waals surface area (Å²) in [6.07, 6.45) is 1.62. The van der Waals surface area contributed by atoms with Gasteiger partial charge in [-0.1, -0.05) is 0 Å². The van der Waals surface area contributed by atoms with Crippen LogP contribution in [0.3, 0.4) is 0 Å². The first-order valence-corrected chi connectivity index (χ1v) is 8.10. The minimum Gasteiger partial charge on any atom is -0.313 e. The molecule has 1 aromatic rings. The van der Waals surface area contributed by atoms with Crippen molar-refractivity contribution >= 4 is 21.2 Å². The first kappa shape index (κ1) is 12.0. The van der Waals surface area contributed by atoms with Gasteiger partial charge in [0.25, 0.3) is 0 Å². The van der Waals surface area contributed by atoms with Crippen LogP contribution in [0.25, 0.3) is 0 Å². The fraction of sp³-hybridized carbons (Fsp3) is 0.700. The van der Waals surface area contributed by atoms with Crippen molar-refractivity contribution in [1.82, 2.24) is 10.3 Å². The molecule has 90 valence electrons. The van der Waals surface area contributed by atoms with E-state index in [-0.39, 0.29) is 6.04 Å². The molecule has 0 saturated carbocycles. The Bertz CT molecular complexity index is 453. The Hall–Kier alpha value is -0.460. The van der Waals surface area contributed by atoms with Crippen molar-refractivity contribution in [3.63, 3.8) is 0 Å². The van der Waals surface area contributed by atoms with Crippen LogP contribution in [0.15, 0.2) is 5.38 Å². The van der Waals surface area contributed by atoms with Crippen LogP contribution in [0, 0.1) is 6.92 Å². The lowest BCUT2D eigenvalue weighted by atomic mass is 10.2. The SMILES string of the molecule is Cc1nc(CCNC2CCS(=O)(=O)C2)cs1. The lowest BCUT2D eigenvalue weighted by Crippen LogP contribution is -2.31. The van der Waals surface area contributed by atoms with E-state index in [0.717, 1.165) is 30.1 Å². The van der Waals surface area contributed by atoms with Crippen LogP contribution < -0.4 is 5.32 Å². The van der Waals surface area contributed by atoms with Crippen LogP contribution in [0.2, 0.25) is 0 Å². The number of aryl methyl sites for hydroxylation is 1. The number of thiazole rings is 1. The van der Waals surface area contributed by atoms with Crippen molar-refractivity contribution < 1.29 is 8.42 Å². The van der Waals surface area contributed by atoms with Gasteiger partial charge in [-0.2, -0.15) is 0 Å². The van der Waals surface area contributed by atoms with E-state index in [1.807, 2.05) is 6.92 Å². The highest BCUT2D eigenvalue weighted by molar-refractivity contribution is 7.91. The maximum absolute atomic E-state index is 11.2. The summed E-state index contributed by atoms with van der Waals surface area (Å²) in [5, 5.41) is 6.42. The highest BCUT2D eigenvalue weighted by Crippen LogP contribution is 2.12. The Labute approximate surface area is 100 Å². The normalized spacial score (nSPS) is 23.7. The molecule has 0 aromatic carbocycles. The van der Waals surface area contributed by atoms with E-state index in [1.54, 1.807) is 11.3 Å². The summed E-state index contributed by atoms with van der Waals surface area (Å²) >= 11 is 1.65. The number of nitrogens with one attached hydrogen (secondary N) is 1. The third-order valence-corrected chi connectivity index (χ3v) is 5.30. The Morgan fingerprint density at radius 1 is 1.62 bits per heavy atom. The molecule has 0 spiro atoms. The summed E-state index contributed by atoms with van der Waals surface area (Å²) in [5.41, 5.74) is 1.09. The number of hydrogen-bond donors (Lipinski definition) is 1. The van der Waals surface area contributed by atoms with Gasteiger partial charge in [-0.25, -0.2) is 13.4 Å². The minimum absolute atomic E-state index is 0.143. The summed E-state index contributed by atoms with van der Waals surface area (Å²) in [6, 6.07) is 0.143. The Kier molecular flexibility index (Phi) is 3.61. The molecule has 1 aliphatic rings. The Morgan fingerprint density at radius 3 is 3.00 bits per heavy atom. The molecule has 1 N–H and O–H groups in total. The topological polar surface area (TPSA) is 59.1 Å². The molecule has 0 aliphatic carbocycles. The number of hydrogen-bond acceptors (Lipinski definition) is 5. The van der Waals surface area contributed by atoms with Crippen molar-refractivity contribution in [2.24, 2.45) is 0 Å². The van der Waals surface area contributed by atoms with Crippen molar-refractivity contribution in [3.05, 3.63) is 16.1 Å². The fourth-order valence-electron chi connectivity index (χ4n) is 1.88. The number of nitrogens with zero attached hydrogens (tertiary/aromatic N) is 1. The lowest BCUT2D eigenvalue weighted by molar-refractivity contribution is 0.555. The molecule has 16 heavy (non-hydrogen) atoms. The molecular weight excluding hydrogens is 244 g/mol. The molecule has 6 heteroatoms. The van der Waals surface area contributed by atoms with Gasteiger partial charge >= 0.3 is 0 Å². The molecule has 2 rings (SSSR count). The highest BCUT2D eigenvalue weighted by atomic mass is 32.2. The van der Waals surface area contributed by atoms with Gasteiger partial charge in [0.05, 0.1) is 22.2 Å². The average Bonchev–Trinajstić information content (AvgIpc) is 2.73. The van der Waals surface area contributed by atoms with E-state index in [9.17, 15) is 8.42 Å². The quantitative estimate of drug-likeness (QED) is 0.869. The average molecular weight is 260 g/mol. The van der Waals surface area contributed by atoms with Crippen LogP contribution in [-0.2, 0) is 16.3 Å². The summed E-state index contributed by atoms with van der Waals surface area (Å²) in [6.45, 7) is 2.80. The zero-order valence-electron chi connectivity index (χ0n) is 9.27. The second-order valence-electron chi connectivity index (χ2n) is 4.16. The third kappa shape index (κ3) is 3.26. The second-order valence-corrected chi connectivity index (χ2v) is 7.45. The summed E-state index contributed by atoms with van der Waals surface area (Å²) in [5.74, 6) is 0.629. The lowest BCUT2D eigenvalue weighted by Gasteiger charge is -2.09. The van der Waals surface area contributed by atoms with Crippen molar-refractivity contribution in [2.75, 3.05) is 18.1 Å². The van der Waals surface area contributed by atoms with E-state index >= 15 is 0 Å². The van der Waals surface area contributed by atoms with Crippen molar-refractivity contribution in [1.29, 1.82) is 0 Å². The Balaban J connectivity index is 1.73. The van der Waals surface area contributed by atoms with Gasteiger partial charge in [0.1, 0.15) is 0 Å². The molecule has 1 aromatic heterocycles. The van der Waals surface area contributed by atoms with Crippen LogP contribution in [0.1, 0.15) is 17.1 Å². The van der Waals surface area contributed by atoms with Crippen LogP contribution in [0.4, 0.5) is 0 Å². The molecule has 1 saturated heterocycles. The molecular formula is C10H16N2O2S2. The monoisotopic (exact) mass is 260 g/mol. The summed E-state index contributed by atoms with van der Waals surface area (Å²) in [4.78, 5) is 4.36. The molecule has 1 unspecified atom stereocenters. The largest absolute Gasteiger partial charge is 0.313 e. The van der Waals surface area contributed by atoms with Gasteiger partial charge in [-0.3, -0.25) is 0 Å². The summed E-state index contributed by atoms with van der Waals surface area (Å²) in [7, 11) is -2.76. The molecule has 1 fully saturated rings. The van der Waals surface area contributed by atoms with Gasteiger partial charge in [-0.05, 0) is 13.3 Å². The van der Waals surface area contributed by atoms with E-state index in [0.29, 0.717) is 11.5 Å². The fourth-order valence-corrected chi connectivity index (χ4v) is 4.24. The van der Waals surface area contributed by atoms with E-state index in [2.05, 4.69) is 15.7 Å². The highest BCUT2D eigenvalue weighted by Gasteiger charge is 2.26. The maximum Gasteiger partial charge on any atom is 0.151 e. The third-order valence-electron chi connectivity index (χ3n) is 2.71. The maximum atomic E-state index is 11.2. The number of rotatable bonds is 4. The van der Waals surface area contributed by atoms with E-state index < -0.39 is 9.84 Å². The second kappa shape index (κ2) is 4.81. The minimum atomic E-state index is -2.76. The van der Waals surface area contributed by atoms with Crippen LogP contribution in [0.5, 0.6) is 0 Å². The molecule has 0 radical (unpaired) electrons. The molecule has 4 nitrogen and oxygen atoms in total. The van der Waals surface area contributed by atoms with Crippen LogP contribution >= 0.6 is 11.3 Å². The first-order chi connectivity index (χ1) is 7.55. The van der Waals surface area contributed by atoms with Crippen molar-refractivity contribution in [3.8, 4) is 0 Å².